The monoisotopic (exact) mass is 321 g/mol. The van der Waals surface area contributed by atoms with E-state index in [1.807, 2.05) is 12.1 Å². The van der Waals surface area contributed by atoms with Gasteiger partial charge in [-0.2, -0.15) is 15.0 Å². The van der Waals surface area contributed by atoms with Gasteiger partial charge in [-0.3, -0.25) is 4.57 Å². The number of hydrogen-bond acceptors (Lipinski definition) is 7. The van der Waals surface area contributed by atoms with Crippen LogP contribution in [0.1, 0.15) is 4.88 Å². The van der Waals surface area contributed by atoms with Crippen molar-refractivity contribution in [1.82, 2.24) is 24.5 Å². The summed E-state index contributed by atoms with van der Waals surface area (Å²) in [4.78, 5) is 18.0. The fourth-order valence-corrected chi connectivity index (χ4v) is 2.69. The second-order valence-corrected chi connectivity index (χ2v) is 5.86. The summed E-state index contributed by atoms with van der Waals surface area (Å²) in [5.74, 6) is 1.47. The van der Waals surface area contributed by atoms with Crippen LogP contribution >= 0.6 is 22.9 Å². The maximum Gasteiger partial charge on any atom is 0.241 e. The van der Waals surface area contributed by atoms with Gasteiger partial charge in [-0.05, 0) is 12.1 Å². The van der Waals surface area contributed by atoms with Gasteiger partial charge in [0.1, 0.15) is 6.33 Å². The number of aromatic nitrogens is 5. The van der Waals surface area contributed by atoms with Gasteiger partial charge in [0, 0.05) is 24.3 Å². The van der Waals surface area contributed by atoms with Crippen molar-refractivity contribution in [3.05, 3.63) is 40.1 Å². The lowest BCUT2D eigenvalue weighted by Crippen LogP contribution is -2.10. The highest BCUT2D eigenvalue weighted by molar-refractivity contribution is 7.16. The van der Waals surface area contributed by atoms with Gasteiger partial charge in [0.2, 0.25) is 17.8 Å². The molecule has 0 spiro atoms. The Labute approximate surface area is 130 Å². The van der Waals surface area contributed by atoms with Gasteiger partial charge in [-0.15, -0.1) is 11.3 Å². The first-order chi connectivity index (χ1) is 10.2. The molecule has 0 saturated heterocycles. The summed E-state index contributed by atoms with van der Waals surface area (Å²) in [5.41, 5.74) is 0. The first kappa shape index (κ1) is 13.8. The third kappa shape index (κ3) is 3.29. The zero-order valence-corrected chi connectivity index (χ0v) is 12.7. The second kappa shape index (κ2) is 6.06. The minimum atomic E-state index is 0.486. The van der Waals surface area contributed by atoms with E-state index in [2.05, 4.69) is 30.6 Å². The van der Waals surface area contributed by atoms with Crippen LogP contribution in [0.4, 0.5) is 11.9 Å². The highest BCUT2D eigenvalue weighted by atomic mass is 35.5. The SMILES string of the molecule is CNc1nc(NCc2ccc(Cl)s2)nc(-n2ccnc2)n1. The number of halogens is 1. The van der Waals surface area contributed by atoms with Crippen molar-refractivity contribution in [3.63, 3.8) is 0 Å². The standard InChI is InChI=1S/C12H12ClN7S/c1-14-10-17-11(16-6-8-2-3-9(13)21-8)19-12(18-10)20-5-4-15-7-20/h2-5,7H,6H2,1H3,(H2,14,16,17,18,19). The molecule has 3 rings (SSSR count). The maximum atomic E-state index is 5.91. The van der Waals surface area contributed by atoms with Crippen molar-refractivity contribution >= 4 is 34.8 Å². The average Bonchev–Trinajstić information content (AvgIpc) is 3.16. The first-order valence-electron chi connectivity index (χ1n) is 6.15. The molecule has 9 heteroatoms. The molecule has 3 heterocycles. The summed E-state index contributed by atoms with van der Waals surface area (Å²) in [6.45, 7) is 0.605. The second-order valence-electron chi connectivity index (χ2n) is 4.06. The van der Waals surface area contributed by atoms with E-state index < -0.39 is 0 Å². The van der Waals surface area contributed by atoms with Crippen LogP contribution in [-0.4, -0.2) is 31.6 Å². The summed E-state index contributed by atoms with van der Waals surface area (Å²) >= 11 is 7.43. The minimum absolute atomic E-state index is 0.486. The summed E-state index contributed by atoms with van der Waals surface area (Å²) in [6.07, 6.45) is 5.08. The Morgan fingerprint density at radius 3 is 2.76 bits per heavy atom. The molecule has 0 aliphatic heterocycles. The molecule has 0 amide bonds. The smallest absolute Gasteiger partial charge is 0.241 e. The fraction of sp³-hybridized carbons (Fsp3) is 0.167. The van der Waals surface area contributed by atoms with E-state index in [1.54, 1.807) is 30.3 Å². The van der Waals surface area contributed by atoms with E-state index in [9.17, 15) is 0 Å². The van der Waals surface area contributed by atoms with Gasteiger partial charge in [-0.25, -0.2) is 4.98 Å². The van der Waals surface area contributed by atoms with Gasteiger partial charge in [0.15, 0.2) is 0 Å². The number of nitrogens with zero attached hydrogens (tertiary/aromatic N) is 5. The van der Waals surface area contributed by atoms with Gasteiger partial charge in [0.25, 0.3) is 0 Å². The largest absolute Gasteiger partial charge is 0.357 e. The first-order valence-corrected chi connectivity index (χ1v) is 7.34. The molecule has 108 valence electrons. The Bertz CT molecular complexity index is 725. The number of hydrogen-bond donors (Lipinski definition) is 2. The van der Waals surface area contributed by atoms with Crippen LogP contribution in [0, 0.1) is 0 Å². The molecule has 0 aromatic carbocycles. The van der Waals surface area contributed by atoms with Crippen molar-refractivity contribution in [2.75, 3.05) is 17.7 Å². The van der Waals surface area contributed by atoms with Crippen molar-refractivity contribution in [1.29, 1.82) is 0 Å². The van der Waals surface area contributed by atoms with Crippen LogP contribution < -0.4 is 10.6 Å². The summed E-state index contributed by atoms with van der Waals surface area (Å²) in [5, 5.41) is 6.08. The zero-order valence-electron chi connectivity index (χ0n) is 11.1. The molecule has 3 aromatic heterocycles. The van der Waals surface area contributed by atoms with E-state index in [1.165, 1.54) is 11.3 Å². The summed E-state index contributed by atoms with van der Waals surface area (Å²) < 4.78 is 2.48. The number of thiophene rings is 1. The van der Waals surface area contributed by atoms with Crippen LogP contribution in [0.25, 0.3) is 5.95 Å². The van der Waals surface area contributed by atoms with Crippen molar-refractivity contribution in [3.8, 4) is 5.95 Å². The molecule has 0 saturated carbocycles. The molecule has 0 bridgehead atoms. The highest BCUT2D eigenvalue weighted by Crippen LogP contribution is 2.22. The van der Waals surface area contributed by atoms with Crippen molar-refractivity contribution in [2.24, 2.45) is 0 Å². The predicted octanol–water partition coefficient (Wildman–Crippen LogP) is 2.43. The summed E-state index contributed by atoms with van der Waals surface area (Å²) in [7, 11) is 1.76. The van der Waals surface area contributed by atoms with Crippen LogP contribution in [0.3, 0.4) is 0 Å². The predicted molar refractivity (Wildman–Crippen MR) is 83.2 cm³/mol. The molecule has 0 aliphatic rings. The minimum Gasteiger partial charge on any atom is -0.357 e. The van der Waals surface area contributed by atoms with E-state index >= 15 is 0 Å². The van der Waals surface area contributed by atoms with Gasteiger partial charge >= 0.3 is 0 Å². The van der Waals surface area contributed by atoms with Crippen LogP contribution in [0.5, 0.6) is 0 Å². The van der Waals surface area contributed by atoms with E-state index in [-0.39, 0.29) is 0 Å². The molecule has 0 fully saturated rings. The third-order valence-electron chi connectivity index (χ3n) is 2.63. The van der Waals surface area contributed by atoms with Gasteiger partial charge in [0.05, 0.1) is 10.9 Å². The Balaban J connectivity index is 1.82. The highest BCUT2D eigenvalue weighted by Gasteiger charge is 2.07. The number of imidazole rings is 1. The van der Waals surface area contributed by atoms with Crippen LogP contribution in [0.2, 0.25) is 4.34 Å². The summed E-state index contributed by atoms with van der Waals surface area (Å²) in [6, 6.07) is 3.84. The number of nitrogens with one attached hydrogen (secondary N) is 2. The third-order valence-corrected chi connectivity index (χ3v) is 3.86. The Hall–Kier alpha value is -2.19. The average molecular weight is 322 g/mol. The van der Waals surface area contributed by atoms with Crippen LogP contribution in [0.15, 0.2) is 30.9 Å². The Morgan fingerprint density at radius 2 is 2.10 bits per heavy atom. The van der Waals surface area contributed by atoms with Crippen molar-refractivity contribution < 1.29 is 0 Å². The van der Waals surface area contributed by atoms with E-state index in [0.29, 0.717) is 24.4 Å². The molecular formula is C12H12ClN7S. The van der Waals surface area contributed by atoms with Crippen molar-refractivity contribution in [2.45, 2.75) is 6.54 Å². The lowest BCUT2D eigenvalue weighted by Gasteiger charge is -2.08. The fourth-order valence-electron chi connectivity index (χ4n) is 1.66. The van der Waals surface area contributed by atoms with E-state index in [0.717, 1.165) is 9.21 Å². The molecule has 21 heavy (non-hydrogen) atoms. The normalized spacial score (nSPS) is 10.6. The molecular weight excluding hydrogens is 310 g/mol. The molecule has 0 aliphatic carbocycles. The number of anilines is 2. The molecule has 7 nitrogen and oxygen atoms in total. The lowest BCUT2D eigenvalue weighted by molar-refractivity contribution is 0.892. The van der Waals surface area contributed by atoms with Crippen LogP contribution in [-0.2, 0) is 6.54 Å². The number of rotatable bonds is 5. The van der Waals surface area contributed by atoms with Gasteiger partial charge < -0.3 is 10.6 Å². The quantitative estimate of drug-likeness (QED) is 0.751. The maximum absolute atomic E-state index is 5.91. The molecule has 2 N–H and O–H groups in total. The topological polar surface area (TPSA) is 80.5 Å². The Morgan fingerprint density at radius 1 is 1.24 bits per heavy atom. The molecule has 3 aromatic rings. The molecule has 0 atom stereocenters. The zero-order chi connectivity index (χ0) is 14.7. The molecule has 0 unspecified atom stereocenters. The molecule has 0 radical (unpaired) electrons. The van der Waals surface area contributed by atoms with Gasteiger partial charge in [-0.1, -0.05) is 11.6 Å². The lowest BCUT2D eigenvalue weighted by atomic mass is 10.5. The Kier molecular flexibility index (Phi) is 3.98. The van der Waals surface area contributed by atoms with E-state index in [4.69, 9.17) is 11.6 Å².